The second-order valence-electron chi connectivity index (χ2n) is 2.89. The van der Waals surface area contributed by atoms with Crippen LogP contribution in [-0.2, 0) is 0 Å². The lowest BCUT2D eigenvalue weighted by atomic mass is 10.0. The van der Waals surface area contributed by atoms with Crippen LogP contribution >= 0.6 is 0 Å². The van der Waals surface area contributed by atoms with Crippen molar-refractivity contribution in [1.29, 1.82) is 0 Å². The van der Waals surface area contributed by atoms with Crippen LogP contribution in [0.5, 0.6) is 0 Å². The van der Waals surface area contributed by atoms with Gasteiger partial charge in [-0.15, -0.1) is 0 Å². The van der Waals surface area contributed by atoms with Crippen LogP contribution in [0.15, 0.2) is 12.1 Å². The molecule has 0 aliphatic carbocycles. The highest BCUT2D eigenvalue weighted by atomic mass is 16.4. The summed E-state index contributed by atoms with van der Waals surface area (Å²) in [6.45, 7) is 3.66. The van der Waals surface area contributed by atoms with Crippen molar-refractivity contribution >= 4 is 0 Å². The van der Waals surface area contributed by atoms with Crippen LogP contribution in [0.1, 0.15) is 22.3 Å². The Balaban J connectivity index is 3.36. The highest BCUT2D eigenvalue weighted by molar-refractivity contribution is 5.50. The van der Waals surface area contributed by atoms with Crippen molar-refractivity contribution in [3.05, 3.63) is 54.8 Å². The lowest BCUT2D eigenvalue weighted by Crippen LogP contribution is -1.88. The molecule has 0 aromatic heterocycles. The van der Waals surface area contributed by atoms with E-state index < -0.39 is 0 Å². The molecule has 14 heavy (non-hydrogen) atoms. The summed E-state index contributed by atoms with van der Waals surface area (Å²) in [5.41, 5.74) is 2.85. The molecule has 0 unspecified atom stereocenters. The Labute approximate surface area is 81.6 Å². The number of benzene rings is 1. The van der Waals surface area contributed by atoms with Gasteiger partial charge in [-0.25, -0.2) is 0 Å². The molecule has 0 bridgehead atoms. The highest BCUT2D eigenvalue weighted by Gasteiger charge is 2.08. The summed E-state index contributed by atoms with van der Waals surface area (Å²) in [5, 5.41) is 25.2. The minimum absolute atomic E-state index is 0.553. The zero-order valence-electron chi connectivity index (χ0n) is 7.87. The minimum atomic E-state index is 0.553. The fraction of sp³-hybridized carbons (Fsp3) is 0.200. The Kier molecular flexibility index (Phi) is 2.93. The summed E-state index contributed by atoms with van der Waals surface area (Å²) in [5.74, 6) is 0. The molecule has 1 rings (SSSR count). The number of hydrogen-bond donors (Lipinski definition) is 0. The van der Waals surface area contributed by atoms with Crippen LogP contribution in [0.2, 0.25) is 0 Å². The number of rotatable bonds is 0. The average molecular weight is 188 g/mol. The first kappa shape index (κ1) is 9.88. The van der Waals surface area contributed by atoms with E-state index >= 15 is 0 Å². The van der Waals surface area contributed by atoms with Gasteiger partial charge in [0.15, 0.2) is 0 Å². The monoisotopic (exact) mass is 188 g/mol. The van der Waals surface area contributed by atoms with Crippen LogP contribution < -0.4 is 0 Å². The summed E-state index contributed by atoms with van der Waals surface area (Å²) < 4.78 is 0. The van der Waals surface area contributed by atoms with E-state index in [9.17, 15) is 10.4 Å². The van der Waals surface area contributed by atoms with Gasteiger partial charge < -0.3 is 10.4 Å². The molecule has 1 aromatic carbocycles. The minimum Gasteiger partial charge on any atom is -0.498 e. The van der Waals surface area contributed by atoms with Gasteiger partial charge in [-0.3, -0.25) is 0 Å². The molecule has 0 amide bonds. The SMILES string of the molecule is Cc1cc(C)c(C#[N+][O-])cc1C#[N+][O-]. The Morgan fingerprint density at radius 2 is 1.36 bits per heavy atom. The van der Waals surface area contributed by atoms with Crippen molar-refractivity contribution in [2.75, 3.05) is 0 Å². The van der Waals surface area contributed by atoms with Gasteiger partial charge in [0.2, 0.25) is 0 Å². The maximum absolute atomic E-state index is 10.0. The maximum Gasteiger partial charge on any atom is 0.336 e. The largest absolute Gasteiger partial charge is 0.498 e. The van der Waals surface area contributed by atoms with Crippen molar-refractivity contribution in [1.82, 2.24) is 0 Å². The van der Waals surface area contributed by atoms with Gasteiger partial charge in [-0.05, 0) is 31.0 Å². The molecule has 0 saturated carbocycles. The van der Waals surface area contributed by atoms with Gasteiger partial charge in [0.05, 0.1) is 0 Å². The van der Waals surface area contributed by atoms with E-state index in [0.29, 0.717) is 11.1 Å². The van der Waals surface area contributed by atoms with Gasteiger partial charge in [0.1, 0.15) is 11.1 Å². The third kappa shape index (κ3) is 1.94. The third-order valence-electron chi connectivity index (χ3n) is 1.90. The lowest BCUT2D eigenvalue weighted by molar-refractivity contribution is 1.34. The Hall–Kier alpha value is -2.20. The van der Waals surface area contributed by atoms with Gasteiger partial charge in [0, 0.05) is 10.0 Å². The first-order chi connectivity index (χ1) is 6.69. The van der Waals surface area contributed by atoms with Crippen LogP contribution in [0, 0.1) is 36.4 Å². The van der Waals surface area contributed by atoms with E-state index in [0.717, 1.165) is 11.1 Å². The van der Waals surface area contributed by atoms with Crippen molar-refractivity contribution in [2.24, 2.45) is 0 Å². The molecule has 4 nitrogen and oxygen atoms in total. The van der Waals surface area contributed by atoms with Gasteiger partial charge >= 0.3 is 12.1 Å². The van der Waals surface area contributed by atoms with Crippen molar-refractivity contribution in [3.8, 4) is 12.1 Å². The normalized spacial score (nSPS) is 8.14. The fourth-order valence-corrected chi connectivity index (χ4v) is 1.19. The average Bonchev–Trinajstić information content (AvgIpc) is 2.14. The molecule has 0 aliphatic heterocycles. The van der Waals surface area contributed by atoms with Crippen LogP contribution in [0.25, 0.3) is 10.0 Å². The van der Waals surface area contributed by atoms with Gasteiger partial charge in [0.25, 0.3) is 0 Å². The predicted octanol–water partition coefficient (Wildman–Crippen LogP) is 2.66. The molecule has 4 heteroatoms. The molecule has 0 fully saturated rings. The second kappa shape index (κ2) is 4.15. The van der Waals surface area contributed by atoms with E-state index in [2.05, 4.69) is 22.2 Å². The van der Waals surface area contributed by atoms with Crippen LogP contribution in [-0.4, -0.2) is 0 Å². The molecule has 0 heterocycles. The molecule has 0 atom stereocenters. The molecular weight excluding hydrogens is 180 g/mol. The smallest absolute Gasteiger partial charge is 0.336 e. The highest BCUT2D eigenvalue weighted by Crippen LogP contribution is 2.14. The molecule has 0 radical (unpaired) electrons. The quantitative estimate of drug-likeness (QED) is 0.587. The zero-order chi connectivity index (χ0) is 10.6. The number of hydrogen-bond acceptors (Lipinski definition) is 2. The number of nitrogens with zero attached hydrogens (tertiary/aromatic N) is 2. The zero-order valence-corrected chi connectivity index (χ0v) is 7.87. The van der Waals surface area contributed by atoms with E-state index in [4.69, 9.17) is 0 Å². The first-order valence-corrected chi connectivity index (χ1v) is 3.97. The number of aryl methyl sites for hydroxylation is 2. The summed E-state index contributed by atoms with van der Waals surface area (Å²) in [7, 11) is 0. The summed E-state index contributed by atoms with van der Waals surface area (Å²) >= 11 is 0. The van der Waals surface area contributed by atoms with E-state index in [-0.39, 0.29) is 0 Å². The predicted molar refractivity (Wildman–Crippen MR) is 55.3 cm³/mol. The summed E-state index contributed by atoms with van der Waals surface area (Å²) in [4.78, 5) is 0. The fourth-order valence-electron chi connectivity index (χ4n) is 1.19. The molecule has 0 saturated heterocycles. The van der Waals surface area contributed by atoms with E-state index in [1.807, 2.05) is 19.9 Å². The van der Waals surface area contributed by atoms with Crippen LogP contribution in [0.4, 0.5) is 0 Å². The van der Waals surface area contributed by atoms with Gasteiger partial charge in [-0.2, -0.15) is 0 Å². The maximum atomic E-state index is 10.0. The van der Waals surface area contributed by atoms with Crippen molar-refractivity contribution in [2.45, 2.75) is 13.8 Å². The third-order valence-corrected chi connectivity index (χ3v) is 1.90. The van der Waals surface area contributed by atoms with Gasteiger partial charge in [-0.1, -0.05) is 6.07 Å². The molecule has 0 aliphatic rings. The first-order valence-electron chi connectivity index (χ1n) is 3.97. The lowest BCUT2D eigenvalue weighted by Gasteiger charge is -1.97. The summed E-state index contributed by atoms with van der Waals surface area (Å²) in [6.07, 6.45) is 0. The molecule has 70 valence electrons. The van der Waals surface area contributed by atoms with Crippen molar-refractivity contribution in [3.63, 3.8) is 0 Å². The molecular formula is C10H8N2O2. The van der Waals surface area contributed by atoms with Crippen LogP contribution in [0.3, 0.4) is 0 Å². The molecule has 0 spiro atoms. The Morgan fingerprint density at radius 3 is 1.71 bits per heavy atom. The Morgan fingerprint density at radius 1 is 0.929 bits per heavy atom. The Bertz CT molecular complexity index is 431. The topological polar surface area (TPSA) is 54.8 Å². The summed E-state index contributed by atoms with van der Waals surface area (Å²) in [6, 6.07) is 8.00. The second-order valence-corrected chi connectivity index (χ2v) is 2.89. The van der Waals surface area contributed by atoms with E-state index in [1.165, 1.54) is 0 Å². The standard InChI is InChI=1S/C10H8N2O2/c1-7-3-8(2)10(6-12-14)4-9(7)5-11-13/h3-4H,1-2H3. The van der Waals surface area contributed by atoms with E-state index in [1.54, 1.807) is 6.07 Å². The molecule has 0 N–H and O–H groups in total. The van der Waals surface area contributed by atoms with Crippen molar-refractivity contribution < 1.29 is 0 Å². The molecule has 1 aromatic rings.